The van der Waals surface area contributed by atoms with E-state index < -0.39 is 20.8 Å². The fraction of sp³-hybridized carbons (Fsp3) is 0.125. The molecule has 80 valence electrons. The molecule has 2 rings (SSSR count). The minimum Gasteiger partial charge on any atom is -0.428 e. The van der Waals surface area contributed by atoms with Crippen LogP contribution in [0.5, 0.6) is 0 Å². The smallest absolute Gasteiger partial charge is 0.345 e. The van der Waals surface area contributed by atoms with Gasteiger partial charge in [-0.25, -0.2) is 8.42 Å². The van der Waals surface area contributed by atoms with Crippen LogP contribution in [0, 0.1) is 0 Å². The Morgan fingerprint density at radius 2 is 1.93 bits per heavy atom. The van der Waals surface area contributed by atoms with E-state index in [1.807, 2.05) is 0 Å². The molecule has 1 aromatic heterocycles. The number of rotatable bonds is 2. The number of hydrogen-bond acceptors (Lipinski definition) is 4. The molecule has 0 saturated carbocycles. The first-order valence-corrected chi connectivity index (χ1v) is 5.44. The highest BCUT2D eigenvalue weighted by Gasteiger charge is 2.32. The van der Waals surface area contributed by atoms with Crippen molar-refractivity contribution < 1.29 is 21.6 Å². The highest BCUT2D eigenvalue weighted by Crippen LogP contribution is 2.22. The van der Waals surface area contributed by atoms with E-state index in [0.717, 1.165) is 0 Å². The van der Waals surface area contributed by atoms with Crippen molar-refractivity contribution in [2.45, 2.75) is 11.0 Å². The van der Waals surface area contributed by atoms with E-state index in [2.05, 4.69) is 4.98 Å². The second-order valence-corrected chi connectivity index (χ2v) is 4.55. The molecule has 0 spiro atoms. The van der Waals surface area contributed by atoms with Crippen LogP contribution >= 0.6 is 0 Å². The Bertz CT molecular complexity index is 558. The summed E-state index contributed by atoms with van der Waals surface area (Å²) in [6, 6.07) is 6.12. The largest absolute Gasteiger partial charge is 0.428 e. The third kappa shape index (κ3) is 1.58. The maximum Gasteiger partial charge on any atom is 0.345 e. The van der Waals surface area contributed by atoms with Crippen molar-refractivity contribution in [2.75, 3.05) is 0 Å². The van der Waals surface area contributed by atoms with Crippen LogP contribution in [0.15, 0.2) is 33.9 Å². The molecule has 0 aliphatic rings. The number of sulfone groups is 1. The van der Waals surface area contributed by atoms with Gasteiger partial charge in [0.05, 0.1) is 0 Å². The number of oxazole rings is 1. The molecular formula is C8H5F2NO3S. The fourth-order valence-electron chi connectivity index (χ4n) is 1.05. The molecule has 7 heteroatoms. The topological polar surface area (TPSA) is 60.2 Å². The van der Waals surface area contributed by atoms with Crippen molar-refractivity contribution in [1.29, 1.82) is 0 Å². The molecule has 2 aromatic rings. The van der Waals surface area contributed by atoms with Gasteiger partial charge < -0.3 is 4.42 Å². The number of hydrogen-bond donors (Lipinski definition) is 0. The molecule has 4 nitrogen and oxygen atoms in total. The molecule has 1 heterocycles. The molecule has 0 radical (unpaired) electrons. The van der Waals surface area contributed by atoms with Crippen LogP contribution < -0.4 is 0 Å². The Kier molecular flexibility index (Phi) is 2.18. The zero-order chi connectivity index (χ0) is 11.1. The number of para-hydroxylation sites is 2. The molecule has 0 fully saturated rings. The Hall–Kier alpha value is -1.50. The van der Waals surface area contributed by atoms with Gasteiger partial charge in [0, 0.05) is 0 Å². The lowest BCUT2D eigenvalue weighted by molar-refractivity contribution is 0.230. The summed E-state index contributed by atoms with van der Waals surface area (Å²) < 4.78 is 51.0. The summed E-state index contributed by atoms with van der Waals surface area (Å²) in [6.07, 6.45) is 0. The zero-order valence-electron chi connectivity index (χ0n) is 7.22. The van der Waals surface area contributed by atoms with E-state index in [1.165, 1.54) is 12.1 Å². The molecule has 0 N–H and O–H groups in total. The number of nitrogens with zero attached hydrogens (tertiary/aromatic N) is 1. The van der Waals surface area contributed by atoms with Crippen molar-refractivity contribution in [3.63, 3.8) is 0 Å². The van der Waals surface area contributed by atoms with E-state index in [9.17, 15) is 17.2 Å². The van der Waals surface area contributed by atoms with Crippen LogP contribution in [0.3, 0.4) is 0 Å². The van der Waals surface area contributed by atoms with Gasteiger partial charge in [-0.15, -0.1) is 0 Å². The molecule has 1 aromatic carbocycles. The van der Waals surface area contributed by atoms with Crippen molar-refractivity contribution in [3.8, 4) is 0 Å². The Labute approximate surface area is 83.4 Å². The van der Waals surface area contributed by atoms with Crippen LogP contribution in [-0.2, 0) is 9.84 Å². The lowest BCUT2D eigenvalue weighted by atomic mass is 10.3. The van der Waals surface area contributed by atoms with Gasteiger partial charge in [-0.2, -0.15) is 13.8 Å². The van der Waals surface area contributed by atoms with Gasteiger partial charge in [-0.05, 0) is 12.1 Å². The molecule has 0 saturated heterocycles. The molecule has 15 heavy (non-hydrogen) atoms. The Balaban J connectivity index is 2.64. The van der Waals surface area contributed by atoms with Gasteiger partial charge in [0.1, 0.15) is 5.52 Å². The van der Waals surface area contributed by atoms with Crippen molar-refractivity contribution in [2.24, 2.45) is 0 Å². The predicted molar refractivity (Wildman–Crippen MR) is 47.2 cm³/mol. The summed E-state index contributed by atoms with van der Waals surface area (Å²) >= 11 is 0. The SMILES string of the molecule is O=S(=O)(c1nc2ccccc2o1)C(F)F. The number of alkyl halides is 2. The average Bonchev–Trinajstić information content (AvgIpc) is 2.61. The number of benzene rings is 1. The second-order valence-electron chi connectivity index (χ2n) is 2.75. The first-order chi connectivity index (χ1) is 7.01. The van der Waals surface area contributed by atoms with Crippen LogP contribution in [0.1, 0.15) is 0 Å². The molecular weight excluding hydrogens is 228 g/mol. The second kappa shape index (κ2) is 3.27. The molecule has 0 amide bonds. The molecule has 0 bridgehead atoms. The summed E-state index contributed by atoms with van der Waals surface area (Å²) in [5.41, 5.74) is 0.397. The highest BCUT2D eigenvalue weighted by atomic mass is 32.2. The van der Waals surface area contributed by atoms with Crippen LogP contribution in [0.4, 0.5) is 8.78 Å². The first kappa shape index (κ1) is 10.0. The quantitative estimate of drug-likeness (QED) is 0.793. The standard InChI is InChI=1S/C8H5F2NO3S/c9-7(10)15(12,13)8-11-5-3-1-2-4-6(5)14-8/h1-4,7H. The monoisotopic (exact) mass is 233 g/mol. The minimum atomic E-state index is -4.75. The molecule has 0 aliphatic heterocycles. The summed E-state index contributed by atoms with van der Waals surface area (Å²) in [5.74, 6) is -3.52. The number of fused-ring (bicyclic) bond motifs is 1. The van der Waals surface area contributed by atoms with E-state index in [4.69, 9.17) is 4.42 Å². The normalized spacial score (nSPS) is 12.5. The highest BCUT2D eigenvalue weighted by molar-refractivity contribution is 7.91. The van der Waals surface area contributed by atoms with Gasteiger partial charge in [0.2, 0.25) is 0 Å². The summed E-state index contributed by atoms with van der Waals surface area (Å²) in [5, 5.41) is -0.946. The zero-order valence-corrected chi connectivity index (χ0v) is 8.04. The summed E-state index contributed by atoms with van der Waals surface area (Å²) in [4.78, 5) is 3.47. The van der Waals surface area contributed by atoms with Gasteiger partial charge in [-0.3, -0.25) is 0 Å². The van der Waals surface area contributed by atoms with Gasteiger partial charge in [0.15, 0.2) is 5.58 Å². The van der Waals surface area contributed by atoms with Crippen molar-refractivity contribution >= 4 is 20.9 Å². The molecule has 0 unspecified atom stereocenters. The van der Waals surface area contributed by atoms with E-state index in [-0.39, 0.29) is 11.1 Å². The Morgan fingerprint density at radius 3 is 2.53 bits per heavy atom. The van der Waals surface area contributed by atoms with Crippen LogP contribution in [-0.4, -0.2) is 19.2 Å². The van der Waals surface area contributed by atoms with Crippen molar-refractivity contribution in [3.05, 3.63) is 24.3 Å². The van der Waals surface area contributed by atoms with Crippen molar-refractivity contribution in [1.82, 2.24) is 4.98 Å². The number of aromatic nitrogens is 1. The third-order valence-corrected chi connectivity index (χ3v) is 2.88. The number of halogens is 2. The third-order valence-electron chi connectivity index (χ3n) is 1.75. The van der Waals surface area contributed by atoms with Crippen LogP contribution in [0.2, 0.25) is 0 Å². The molecule has 0 atom stereocenters. The maximum absolute atomic E-state index is 12.1. The van der Waals surface area contributed by atoms with Gasteiger partial charge >= 0.3 is 11.0 Å². The Morgan fingerprint density at radius 1 is 1.27 bits per heavy atom. The average molecular weight is 233 g/mol. The lowest BCUT2D eigenvalue weighted by Gasteiger charge is -1.94. The summed E-state index contributed by atoms with van der Waals surface area (Å²) in [7, 11) is -4.75. The van der Waals surface area contributed by atoms with E-state index in [1.54, 1.807) is 12.1 Å². The minimum absolute atomic E-state index is 0.164. The predicted octanol–water partition coefficient (Wildman–Crippen LogP) is 1.82. The van der Waals surface area contributed by atoms with Gasteiger partial charge in [-0.1, -0.05) is 12.1 Å². The van der Waals surface area contributed by atoms with Crippen LogP contribution in [0.25, 0.3) is 11.1 Å². The van der Waals surface area contributed by atoms with E-state index in [0.29, 0.717) is 0 Å². The fourth-order valence-corrected chi connectivity index (χ4v) is 1.63. The summed E-state index contributed by atoms with van der Waals surface area (Å²) in [6.45, 7) is 0. The van der Waals surface area contributed by atoms with Gasteiger partial charge in [0.25, 0.3) is 9.84 Å². The molecule has 0 aliphatic carbocycles. The maximum atomic E-state index is 12.1. The van der Waals surface area contributed by atoms with E-state index >= 15 is 0 Å². The first-order valence-electron chi connectivity index (χ1n) is 3.89. The lowest BCUT2D eigenvalue weighted by Crippen LogP contribution is -2.11.